The molecule has 0 fully saturated rings. The maximum Gasteiger partial charge on any atom is 0.332 e. The number of halogens is 1. The van der Waals surface area contributed by atoms with E-state index in [2.05, 4.69) is 5.32 Å². The van der Waals surface area contributed by atoms with Crippen LogP contribution in [-0.2, 0) is 16.1 Å². The Kier molecular flexibility index (Phi) is 6.65. The molecular weight excluding hydrogens is 346 g/mol. The summed E-state index contributed by atoms with van der Waals surface area (Å²) < 4.78 is 15.8. The van der Waals surface area contributed by atoms with Gasteiger partial charge in [-0.3, -0.25) is 4.79 Å². The first kappa shape index (κ1) is 18.6. The van der Waals surface area contributed by atoms with Crippen LogP contribution < -0.4 is 10.1 Å². The maximum atomic E-state index is 12.1. The van der Waals surface area contributed by atoms with Crippen LogP contribution in [0, 0.1) is 0 Å². The quantitative estimate of drug-likeness (QED) is 0.599. The molecule has 25 heavy (non-hydrogen) atoms. The molecule has 6 nitrogen and oxygen atoms in total. The van der Waals surface area contributed by atoms with E-state index < -0.39 is 11.9 Å². The second-order valence-corrected chi connectivity index (χ2v) is 5.48. The predicted molar refractivity (Wildman–Crippen MR) is 92.3 cm³/mol. The minimum absolute atomic E-state index is 0.117. The third kappa shape index (κ3) is 6.00. The van der Waals surface area contributed by atoms with Crippen molar-refractivity contribution in [3.8, 4) is 5.75 Å². The average molecular weight is 364 g/mol. The molecule has 2 aromatic rings. The normalized spacial score (nSPS) is 11.1. The molecule has 0 atom stereocenters. The highest BCUT2D eigenvalue weighted by Gasteiger charge is 2.12. The lowest BCUT2D eigenvalue weighted by molar-refractivity contribution is -0.137. The summed E-state index contributed by atoms with van der Waals surface area (Å²) in [6.45, 7) is 3.73. The van der Waals surface area contributed by atoms with E-state index in [-0.39, 0.29) is 19.0 Å². The Balaban J connectivity index is 1.90. The van der Waals surface area contributed by atoms with Gasteiger partial charge in [0.05, 0.1) is 6.61 Å². The summed E-state index contributed by atoms with van der Waals surface area (Å²) in [4.78, 5) is 23.4. The highest BCUT2D eigenvalue weighted by Crippen LogP contribution is 2.17. The van der Waals surface area contributed by atoms with Crippen LogP contribution in [0.25, 0.3) is 0 Å². The van der Waals surface area contributed by atoms with Crippen LogP contribution in [0.2, 0.25) is 5.02 Å². The van der Waals surface area contributed by atoms with E-state index in [1.165, 1.54) is 12.1 Å². The summed E-state index contributed by atoms with van der Waals surface area (Å²) in [5.74, 6) is 0.269. The third-order valence-electron chi connectivity index (χ3n) is 3.01. The van der Waals surface area contributed by atoms with Crippen molar-refractivity contribution in [1.82, 2.24) is 5.32 Å². The Bertz CT molecular complexity index is 764. The third-order valence-corrected chi connectivity index (χ3v) is 3.26. The van der Waals surface area contributed by atoms with Gasteiger partial charge in [0.1, 0.15) is 18.1 Å². The van der Waals surface area contributed by atoms with E-state index in [1.807, 2.05) is 0 Å². The largest absolute Gasteiger partial charge is 0.486 e. The van der Waals surface area contributed by atoms with Gasteiger partial charge in [0.2, 0.25) is 0 Å². The number of allylic oxidation sites excluding steroid dienone is 1. The molecule has 1 aromatic heterocycles. The van der Waals surface area contributed by atoms with E-state index in [4.69, 9.17) is 25.5 Å². The van der Waals surface area contributed by atoms with Gasteiger partial charge in [-0.2, -0.15) is 0 Å². The molecule has 1 aromatic carbocycles. The molecule has 1 heterocycles. The Labute approximate surface area is 150 Å². The van der Waals surface area contributed by atoms with Crippen molar-refractivity contribution < 1.29 is 23.5 Å². The molecule has 2 rings (SSSR count). The zero-order valence-electron chi connectivity index (χ0n) is 13.9. The molecule has 0 saturated heterocycles. The molecule has 0 radical (unpaired) electrons. The van der Waals surface area contributed by atoms with Gasteiger partial charge in [-0.15, -0.1) is 0 Å². The zero-order valence-corrected chi connectivity index (χ0v) is 14.6. The van der Waals surface area contributed by atoms with Gasteiger partial charge in [0.15, 0.2) is 5.76 Å². The Morgan fingerprint density at radius 1 is 1.20 bits per heavy atom. The number of carbonyl (C=O) groups excluding carboxylic acids is 2. The Morgan fingerprint density at radius 2 is 1.92 bits per heavy atom. The number of esters is 1. The fourth-order valence-electron chi connectivity index (χ4n) is 1.90. The topological polar surface area (TPSA) is 77.8 Å². The molecule has 0 unspecified atom stereocenters. The van der Waals surface area contributed by atoms with E-state index in [0.717, 1.165) is 0 Å². The van der Waals surface area contributed by atoms with Crippen molar-refractivity contribution in [2.24, 2.45) is 0 Å². The van der Waals surface area contributed by atoms with Crippen LogP contribution in [0.1, 0.15) is 30.2 Å². The molecule has 132 valence electrons. The highest BCUT2D eigenvalue weighted by atomic mass is 35.5. The van der Waals surface area contributed by atoms with Gasteiger partial charge in [0.25, 0.3) is 5.91 Å². The number of hydrogen-bond acceptors (Lipinski definition) is 5. The Hall–Kier alpha value is -2.73. The molecule has 0 aliphatic heterocycles. The van der Waals surface area contributed by atoms with E-state index >= 15 is 0 Å². The smallest absolute Gasteiger partial charge is 0.332 e. The van der Waals surface area contributed by atoms with E-state index in [1.54, 1.807) is 44.2 Å². The predicted octanol–water partition coefficient (Wildman–Crippen LogP) is 3.71. The van der Waals surface area contributed by atoms with Gasteiger partial charge in [-0.1, -0.05) is 11.6 Å². The first-order valence-electron chi connectivity index (χ1n) is 7.61. The lowest BCUT2D eigenvalue weighted by atomic mass is 10.3. The van der Waals surface area contributed by atoms with Gasteiger partial charge < -0.3 is 19.2 Å². The van der Waals surface area contributed by atoms with E-state index in [0.29, 0.717) is 22.2 Å². The number of carbonyl (C=O) groups is 2. The minimum Gasteiger partial charge on any atom is -0.486 e. The molecule has 0 bridgehead atoms. The number of ether oxygens (including phenoxy) is 2. The lowest BCUT2D eigenvalue weighted by Gasteiger charge is -2.05. The molecule has 1 amide bonds. The second kappa shape index (κ2) is 8.94. The van der Waals surface area contributed by atoms with Crippen molar-refractivity contribution in [2.45, 2.75) is 20.5 Å². The molecule has 0 spiro atoms. The fourth-order valence-corrected chi connectivity index (χ4v) is 2.03. The summed E-state index contributed by atoms with van der Waals surface area (Å²) in [6.07, 6.45) is 1.20. The number of benzene rings is 1. The zero-order chi connectivity index (χ0) is 18.2. The standard InChI is InChI=1S/C18H18ClNO5/c1-3-23-17(21)10-12(2)20-18(22)16-9-8-15(25-16)11-24-14-6-4-13(19)5-7-14/h4-10H,3,11H2,1-2H3,(H,20,22)/b12-10+. The SMILES string of the molecule is CCOC(=O)/C=C(\C)NC(=O)c1ccc(COc2ccc(Cl)cc2)o1. The average Bonchev–Trinajstić information content (AvgIpc) is 3.03. The molecule has 7 heteroatoms. The molecule has 0 aliphatic carbocycles. The van der Waals surface area contributed by atoms with Crippen molar-refractivity contribution in [3.63, 3.8) is 0 Å². The number of rotatable bonds is 7. The summed E-state index contributed by atoms with van der Waals surface area (Å²) >= 11 is 5.81. The molecule has 0 aliphatic rings. The highest BCUT2D eigenvalue weighted by molar-refractivity contribution is 6.30. The van der Waals surface area contributed by atoms with Crippen LogP contribution in [0.15, 0.2) is 52.6 Å². The first-order valence-corrected chi connectivity index (χ1v) is 7.99. The fraction of sp³-hybridized carbons (Fsp3) is 0.222. The van der Waals surface area contributed by atoms with Crippen LogP contribution in [-0.4, -0.2) is 18.5 Å². The van der Waals surface area contributed by atoms with Crippen molar-refractivity contribution >= 4 is 23.5 Å². The maximum absolute atomic E-state index is 12.1. The number of amides is 1. The van der Waals surface area contributed by atoms with Crippen molar-refractivity contribution in [2.75, 3.05) is 6.61 Å². The first-order chi connectivity index (χ1) is 12.0. The van der Waals surface area contributed by atoms with Gasteiger partial charge in [-0.05, 0) is 50.2 Å². The van der Waals surface area contributed by atoms with E-state index in [9.17, 15) is 9.59 Å². The minimum atomic E-state index is -0.517. The summed E-state index contributed by atoms with van der Waals surface area (Å²) in [6, 6.07) is 10.1. The van der Waals surface area contributed by atoms with Crippen LogP contribution in [0.5, 0.6) is 5.75 Å². The molecular formula is C18H18ClNO5. The molecule has 1 N–H and O–H groups in total. The summed E-state index contributed by atoms with van der Waals surface area (Å²) in [5.41, 5.74) is 0.360. The van der Waals surface area contributed by atoms with Gasteiger partial charge >= 0.3 is 5.97 Å². The number of nitrogens with one attached hydrogen (secondary N) is 1. The number of furan rings is 1. The Morgan fingerprint density at radius 3 is 2.60 bits per heavy atom. The monoisotopic (exact) mass is 363 g/mol. The van der Waals surface area contributed by atoms with Crippen LogP contribution in [0.4, 0.5) is 0 Å². The van der Waals surface area contributed by atoms with Gasteiger partial charge in [-0.25, -0.2) is 4.79 Å². The summed E-state index contributed by atoms with van der Waals surface area (Å²) in [7, 11) is 0. The van der Waals surface area contributed by atoms with Crippen LogP contribution in [0.3, 0.4) is 0 Å². The summed E-state index contributed by atoms with van der Waals surface area (Å²) in [5, 5.41) is 3.17. The van der Waals surface area contributed by atoms with Crippen molar-refractivity contribution in [1.29, 1.82) is 0 Å². The lowest BCUT2D eigenvalue weighted by Crippen LogP contribution is -2.21. The van der Waals surface area contributed by atoms with Gasteiger partial charge in [0, 0.05) is 16.8 Å². The number of hydrogen-bond donors (Lipinski definition) is 1. The van der Waals surface area contributed by atoms with Crippen molar-refractivity contribution in [3.05, 3.63) is 64.7 Å². The van der Waals surface area contributed by atoms with Crippen LogP contribution >= 0.6 is 11.6 Å². The second-order valence-electron chi connectivity index (χ2n) is 5.04. The molecule has 0 saturated carbocycles.